The summed E-state index contributed by atoms with van der Waals surface area (Å²) in [4.78, 5) is 14.2. The molecule has 176 valence electrons. The van der Waals surface area contributed by atoms with E-state index in [1.54, 1.807) is 12.3 Å². The van der Waals surface area contributed by atoms with Gasteiger partial charge in [-0.2, -0.15) is 0 Å². The maximum Gasteiger partial charge on any atom is 1.00 e. The second-order valence-corrected chi connectivity index (χ2v) is 8.70. The maximum atomic E-state index is 12.5. The molecule has 0 aliphatic heterocycles. The molecular weight excluding hydrogens is 587 g/mol. The fourth-order valence-electron chi connectivity index (χ4n) is 4.33. The van der Waals surface area contributed by atoms with E-state index in [4.69, 9.17) is 9.97 Å². The van der Waals surface area contributed by atoms with Gasteiger partial charge in [-0.05, 0) is 41.0 Å². The molecule has 0 saturated carbocycles. The van der Waals surface area contributed by atoms with Gasteiger partial charge < -0.3 is 5.11 Å². The fourth-order valence-corrected chi connectivity index (χ4v) is 4.33. The smallest absolute Gasteiger partial charge is 0.872 e. The summed E-state index contributed by atoms with van der Waals surface area (Å²) in [6.45, 7) is 0. The van der Waals surface area contributed by atoms with Crippen LogP contribution in [0.25, 0.3) is 56.3 Å². The van der Waals surface area contributed by atoms with Gasteiger partial charge in [0.05, 0.1) is 17.1 Å². The monoisotopic (exact) mass is 609 g/mol. The zero-order valence-corrected chi connectivity index (χ0v) is 27.2. The van der Waals surface area contributed by atoms with E-state index < -0.39 is 0 Å². The first-order valence-corrected chi connectivity index (χ1v) is 12.1. The predicted octanol–water partition coefficient (Wildman–Crippen LogP) is 4.28. The molecular formula is C33H22CsN3O. The summed E-state index contributed by atoms with van der Waals surface area (Å²) in [5.74, 6) is 0.620. The Hall–Kier alpha value is -3.04. The zero-order valence-electron chi connectivity index (χ0n) is 21.0. The number of benzene rings is 4. The maximum absolute atomic E-state index is 12.5. The third kappa shape index (κ3) is 5.84. The van der Waals surface area contributed by atoms with Crippen LogP contribution in [0, 0.1) is 0 Å². The number of hydrogen-bond donors (Lipinski definition) is 0. The third-order valence-electron chi connectivity index (χ3n) is 6.26. The summed E-state index contributed by atoms with van der Waals surface area (Å²) < 4.78 is 0. The summed E-state index contributed by atoms with van der Waals surface area (Å²) in [6, 6.07) is 41.4. The second-order valence-electron chi connectivity index (χ2n) is 8.70. The Morgan fingerprint density at radius 3 is 1.58 bits per heavy atom. The molecule has 5 heteroatoms. The van der Waals surface area contributed by atoms with Gasteiger partial charge in [-0.25, -0.2) is 9.97 Å². The van der Waals surface area contributed by atoms with Gasteiger partial charge in [-0.3, -0.25) is 4.98 Å². The Morgan fingerprint density at radius 2 is 1.00 bits per heavy atom. The van der Waals surface area contributed by atoms with E-state index in [0.717, 1.165) is 39.2 Å². The zero-order chi connectivity index (χ0) is 25.0. The molecule has 0 aliphatic rings. The standard InChI is InChI=1S/C33H23N3O.Cs/c37-32-19-18-27(21-28(32)29-13-7-8-20-34-29)23-14-16-26(17-15-23)33-35-30(24-9-3-1-4-10-24)22-31(36-33)25-11-5-2-6-12-25;/h1-22,37H;/q;+1/p-1. The summed E-state index contributed by atoms with van der Waals surface area (Å²) >= 11 is 0. The molecule has 2 aromatic heterocycles. The number of pyridine rings is 1. The van der Waals surface area contributed by atoms with Gasteiger partial charge in [0.2, 0.25) is 0 Å². The van der Waals surface area contributed by atoms with E-state index in [1.165, 1.54) is 0 Å². The van der Waals surface area contributed by atoms with E-state index >= 15 is 0 Å². The van der Waals surface area contributed by atoms with Crippen molar-refractivity contribution in [3.8, 4) is 62.0 Å². The molecule has 0 saturated heterocycles. The van der Waals surface area contributed by atoms with Crippen LogP contribution in [0.5, 0.6) is 5.75 Å². The van der Waals surface area contributed by atoms with E-state index in [2.05, 4.69) is 29.2 Å². The van der Waals surface area contributed by atoms with Crippen molar-refractivity contribution in [1.82, 2.24) is 15.0 Å². The van der Waals surface area contributed by atoms with Crippen LogP contribution in [0.3, 0.4) is 0 Å². The molecule has 0 atom stereocenters. The average molecular weight is 609 g/mol. The number of aromatic nitrogens is 3. The molecule has 0 radical (unpaired) electrons. The molecule has 4 aromatic carbocycles. The van der Waals surface area contributed by atoms with Crippen molar-refractivity contribution < 1.29 is 74.0 Å². The molecule has 0 N–H and O–H groups in total. The predicted molar refractivity (Wildman–Crippen MR) is 146 cm³/mol. The molecule has 38 heavy (non-hydrogen) atoms. The van der Waals surface area contributed by atoms with Gasteiger partial charge in [0.15, 0.2) is 5.82 Å². The van der Waals surface area contributed by atoms with Crippen LogP contribution < -0.4 is 74.0 Å². The number of hydrogen-bond acceptors (Lipinski definition) is 4. The quantitative estimate of drug-likeness (QED) is 0.293. The van der Waals surface area contributed by atoms with Gasteiger partial charge in [-0.1, -0.05) is 109 Å². The van der Waals surface area contributed by atoms with E-state index in [-0.39, 0.29) is 74.6 Å². The van der Waals surface area contributed by atoms with Crippen LogP contribution >= 0.6 is 0 Å². The van der Waals surface area contributed by atoms with Crippen LogP contribution in [0.15, 0.2) is 134 Å². The third-order valence-corrected chi connectivity index (χ3v) is 6.26. The molecule has 2 heterocycles. The second kappa shape index (κ2) is 12.2. The topological polar surface area (TPSA) is 61.7 Å². The molecule has 0 bridgehead atoms. The van der Waals surface area contributed by atoms with Crippen molar-refractivity contribution in [2.75, 3.05) is 0 Å². The van der Waals surface area contributed by atoms with Crippen LogP contribution in [0.1, 0.15) is 0 Å². The molecule has 0 amide bonds. The van der Waals surface area contributed by atoms with Crippen molar-refractivity contribution in [2.45, 2.75) is 0 Å². The van der Waals surface area contributed by atoms with Crippen molar-refractivity contribution in [3.63, 3.8) is 0 Å². The molecule has 0 fully saturated rings. The van der Waals surface area contributed by atoms with Crippen molar-refractivity contribution in [3.05, 3.63) is 134 Å². The Labute approximate surface area is 280 Å². The molecule has 6 rings (SSSR count). The first kappa shape index (κ1) is 26.6. The molecule has 6 aromatic rings. The van der Waals surface area contributed by atoms with Crippen LogP contribution in [0.4, 0.5) is 0 Å². The van der Waals surface area contributed by atoms with E-state index in [1.807, 2.05) is 97.1 Å². The summed E-state index contributed by atoms with van der Waals surface area (Å²) in [7, 11) is 0. The molecule has 4 nitrogen and oxygen atoms in total. The van der Waals surface area contributed by atoms with Crippen molar-refractivity contribution >= 4 is 0 Å². The SMILES string of the molecule is [Cs+].[O-]c1ccc(-c2ccc(-c3nc(-c4ccccc4)cc(-c4ccccc4)n3)cc2)cc1-c1ccccn1. The summed E-state index contributed by atoms with van der Waals surface area (Å²) in [5, 5.41) is 12.5. The molecule has 0 aliphatic carbocycles. The van der Waals surface area contributed by atoms with Crippen molar-refractivity contribution in [2.24, 2.45) is 0 Å². The van der Waals surface area contributed by atoms with E-state index in [0.29, 0.717) is 17.1 Å². The van der Waals surface area contributed by atoms with Gasteiger partial charge >= 0.3 is 68.9 Å². The Kier molecular flexibility index (Phi) is 8.54. The minimum absolute atomic E-state index is 0. The minimum Gasteiger partial charge on any atom is -0.872 e. The normalized spacial score (nSPS) is 10.5. The Balaban J connectivity index is 0.00000294. The molecule has 0 unspecified atom stereocenters. The van der Waals surface area contributed by atoms with Gasteiger partial charge in [-0.15, -0.1) is 0 Å². The van der Waals surface area contributed by atoms with E-state index in [9.17, 15) is 5.11 Å². The first-order valence-electron chi connectivity index (χ1n) is 12.1. The fraction of sp³-hybridized carbons (Fsp3) is 0. The number of nitrogens with zero attached hydrogens (tertiary/aromatic N) is 3. The largest absolute Gasteiger partial charge is 1.00 e. The van der Waals surface area contributed by atoms with Crippen LogP contribution in [-0.2, 0) is 0 Å². The Morgan fingerprint density at radius 1 is 0.447 bits per heavy atom. The van der Waals surface area contributed by atoms with Gasteiger partial charge in [0.1, 0.15) is 0 Å². The van der Waals surface area contributed by atoms with Crippen LogP contribution in [0.2, 0.25) is 0 Å². The van der Waals surface area contributed by atoms with Crippen LogP contribution in [-0.4, -0.2) is 15.0 Å². The van der Waals surface area contributed by atoms with Crippen molar-refractivity contribution in [1.29, 1.82) is 0 Å². The first-order chi connectivity index (χ1) is 18.2. The average Bonchev–Trinajstić information content (AvgIpc) is 2.99. The summed E-state index contributed by atoms with van der Waals surface area (Å²) in [5.41, 5.74) is 7.97. The molecule has 0 spiro atoms. The van der Waals surface area contributed by atoms with Gasteiger partial charge in [0, 0.05) is 22.9 Å². The number of rotatable bonds is 5. The van der Waals surface area contributed by atoms with Gasteiger partial charge in [0.25, 0.3) is 0 Å². The Bertz CT molecular complexity index is 1600. The summed E-state index contributed by atoms with van der Waals surface area (Å²) in [6.07, 6.45) is 1.70. The minimum atomic E-state index is -0.0429.